The maximum absolute atomic E-state index is 11.2. The summed E-state index contributed by atoms with van der Waals surface area (Å²) in [5, 5.41) is 24.2. The molecule has 4 rings (SSSR count). The van der Waals surface area contributed by atoms with Crippen molar-refractivity contribution in [1.29, 1.82) is 0 Å². The Morgan fingerprint density at radius 3 is 2.38 bits per heavy atom. The Morgan fingerprint density at radius 2 is 1.62 bits per heavy atom. The average molecular weight is 454 g/mol. The van der Waals surface area contributed by atoms with Crippen LogP contribution in [-0.2, 0) is 6.42 Å². The van der Waals surface area contributed by atoms with Gasteiger partial charge in [-0.2, -0.15) is 0 Å². The van der Waals surface area contributed by atoms with Gasteiger partial charge in [0.05, 0.1) is 5.56 Å². The van der Waals surface area contributed by atoms with Crippen LogP contribution in [0.4, 0.5) is 0 Å². The Kier molecular flexibility index (Phi) is 7.58. The highest BCUT2D eigenvalue weighted by atomic mass is 16.5. The smallest absolute Gasteiger partial charge is 0.335 e. The first kappa shape index (κ1) is 23.1. The van der Waals surface area contributed by atoms with E-state index in [-0.39, 0.29) is 11.3 Å². The fraction of sp³-hybridized carbons (Fsp3) is 0.138. The molecule has 4 aromatic rings. The van der Waals surface area contributed by atoms with Gasteiger partial charge in [-0.05, 0) is 65.4 Å². The fourth-order valence-corrected chi connectivity index (χ4v) is 3.74. The third-order valence-electron chi connectivity index (χ3n) is 5.57. The molecule has 0 unspecified atom stereocenters. The molecule has 5 nitrogen and oxygen atoms in total. The van der Waals surface area contributed by atoms with Crippen molar-refractivity contribution in [3.8, 4) is 11.5 Å². The van der Waals surface area contributed by atoms with Crippen molar-refractivity contribution in [2.75, 3.05) is 19.7 Å². The maximum Gasteiger partial charge on any atom is 0.335 e. The van der Waals surface area contributed by atoms with Crippen LogP contribution in [-0.4, -0.2) is 35.9 Å². The molecule has 0 radical (unpaired) electrons. The molecule has 0 aliphatic rings. The average Bonchev–Trinajstić information content (AvgIpc) is 2.86. The van der Waals surface area contributed by atoms with Crippen molar-refractivity contribution in [3.05, 3.63) is 113 Å². The Hall–Kier alpha value is -4.09. The van der Waals surface area contributed by atoms with Crippen molar-refractivity contribution in [2.45, 2.75) is 6.42 Å². The van der Waals surface area contributed by atoms with Crippen LogP contribution in [0.5, 0.6) is 11.5 Å². The predicted octanol–water partition coefficient (Wildman–Crippen LogP) is 5.54. The SMILES string of the molecule is O=C(O)c1ccc(/C=C(\CNCCc2ccc(O)cc2)COc2cccc3ccccc23)cc1. The van der Waals surface area contributed by atoms with Gasteiger partial charge in [-0.15, -0.1) is 0 Å². The van der Waals surface area contributed by atoms with E-state index in [0.717, 1.165) is 46.2 Å². The third kappa shape index (κ3) is 6.24. The van der Waals surface area contributed by atoms with E-state index in [1.807, 2.05) is 42.5 Å². The van der Waals surface area contributed by atoms with Gasteiger partial charge in [-0.1, -0.05) is 66.7 Å². The number of phenols is 1. The normalized spacial score (nSPS) is 11.5. The van der Waals surface area contributed by atoms with Crippen LogP contribution >= 0.6 is 0 Å². The molecular weight excluding hydrogens is 426 g/mol. The van der Waals surface area contributed by atoms with Gasteiger partial charge in [0, 0.05) is 11.9 Å². The number of carboxylic acid groups (broad SMARTS) is 1. The van der Waals surface area contributed by atoms with Gasteiger partial charge in [-0.25, -0.2) is 4.79 Å². The van der Waals surface area contributed by atoms with Crippen molar-refractivity contribution in [1.82, 2.24) is 5.32 Å². The van der Waals surface area contributed by atoms with E-state index in [1.165, 1.54) is 0 Å². The highest BCUT2D eigenvalue weighted by Crippen LogP contribution is 2.25. The molecule has 0 atom stereocenters. The van der Waals surface area contributed by atoms with Crippen LogP contribution < -0.4 is 10.1 Å². The molecule has 172 valence electrons. The summed E-state index contributed by atoms with van der Waals surface area (Å²) in [7, 11) is 0. The highest BCUT2D eigenvalue weighted by molar-refractivity contribution is 5.88. The summed E-state index contributed by atoms with van der Waals surface area (Å²) >= 11 is 0. The number of hydrogen-bond acceptors (Lipinski definition) is 4. The summed E-state index contributed by atoms with van der Waals surface area (Å²) in [5.41, 5.74) is 3.37. The topological polar surface area (TPSA) is 78.8 Å². The van der Waals surface area contributed by atoms with Crippen molar-refractivity contribution in [3.63, 3.8) is 0 Å². The number of rotatable bonds is 10. The summed E-state index contributed by atoms with van der Waals surface area (Å²) < 4.78 is 6.21. The van der Waals surface area contributed by atoms with Crippen LogP contribution in [0.15, 0.2) is 96.6 Å². The zero-order valence-corrected chi connectivity index (χ0v) is 18.8. The number of fused-ring (bicyclic) bond motifs is 1. The number of ether oxygens (including phenoxy) is 1. The molecule has 5 heteroatoms. The van der Waals surface area contributed by atoms with Crippen molar-refractivity contribution in [2.24, 2.45) is 0 Å². The molecule has 0 heterocycles. The quantitative estimate of drug-likeness (QED) is 0.275. The van der Waals surface area contributed by atoms with Crippen LogP contribution in [0.3, 0.4) is 0 Å². The van der Waals surface area contributed by atoms with Crippen molar-refractivity contribution >= 4 is 22.8 Å². The zero-order chi connectivity index (χ0) is 23.8. The third-order valence-corrected chi connectivity index (χ3v) is 5.57. The molecule has 0 aromatic heterocycles. The lowest BCUT2D eigenvalue weighted by atomic mass is 10.1. The lowest BCUT2D eigenvalue weighted by Gasteiger charge is -2.13. The molecule has 0 amide bonds. The Bertz CT molecular complexity index is 1270. The molecule has 0 fully saturated rings. The number of benzene rings is 4. The number of carbonyl (C=O) groups is 1. The van der Waals surface area contributed by atoms with Gasteiger partial charge < -0.3 is 20.3 Å². The first-order valence-corrected chi connectivity index (χ1v) is 11.2. The molecule has 0 bridgehead atoms. The second-order valence-corrected chi connectivity index (χ2v) is 8.09. The van der Waals surface area contributed by atoms with Gasteiger partial charge in [-0.3, -0.25) is 0 Å². The summed E-state index contributed by atoms with van der Waals surface area (Å²) in [6.07, 6.45) is 2.87. The lowest BCUT2D eigenvalue weighted by Crippen LogP contribution is -2.22. The molecule has 0 aliphatic heterocycles. The molecule has 0 saturated heterocycles. The lowest BCUT2D eigenvalue weighted by molar-refractivity contribution is 0.0697. The molecule has 0 spiro atoms. The van der Waals surface area contributed by atoms with Crippen LogP contribution in [0.2, 0.25) is 0 Å². The van der Waals surface area contributed by atoms with Crippen LogP contribution in [0, 0.1) is 0 Å². The Balaban J connectivity index is 1.45. The number of phenolic OH excluding ortho intramolecular Hbond substituents is 1. The second-order valence-electron chi connectivity index (χ2n) is 8.09. The first-order chi connectivity index (χ1) is 16.6. The van der Waals surface area contributed by atoms with E-state index in [2.05, 4.69) is 23.5 Å². The minimum absolute atomic E-state index is 0.262. The molecule has 0 saturated carbocycles. The molecule has 3 N–H and O–H groups in total. The van der Waals surface area contributed by atoms with Gasteiger partial charge in [0.2, 0.25) is 0 Å². The fourth-order valence-electron chi connectivity index (χ4n) is 3.74. The summed E-state index contributed by atoms with van der Waals surface area (Å²) in [4.78, 5) is 11.2. The Labute approximate surface area is 199 Å². The van der Waals surface area contributed by atoms with Crippen LogP contribution in [0.25, 0.3) is 16.8 Å². The number of nitrogens with one attached hydrogen (secondary N) is 1. The second kappa shape index (κ2) is 11.2. The van der Waals surface area contributed by atoms with E-state index < -0.39 is 5.97 Å². The predicted molar refractivity (Wildman–Crippen MR) is 136 cm³/mol. The van der Waals surface area contributed by atoms with E-state index in [1.54, 1.807) is 36.4 Å². The van der Waals surface area contributed by atoms with Crippen molar-refractivity contribution < 1.29 is 19.7 Å². The molecule has 4 aromatic carbocycles. The Morgan fingerprint density at radius 1 is 0.882 bits per heavy atom. The number of aromatic carboxylic acids is 1. The van der Waals surface area contributed by atoms with Gasteiger partial charge in [0.15, 0.2) is 0 Å². The summed E-state index contributed by atoms with van der Waals surface area (Å²) in [6, 6.07) is 28.2. The highest BCUT2D eigenvalue weighted by Gasteiger charge is 2.06. The molecular formula is C29H27NO4. The van der Waals surface area contributed by atoms with Gasteiger partial charge in [0.1, 0.15) is 18.1 Å². The van der Waals surface area contributed by atoms with E-state index >= 15 is 0 Å². The monoisotopic (exact) mass is 453 g/mol. The molecule has 0 aliphatic carbocycles. The largest absolute Gasteiger partial charge is 0.508 e. The van der Waals surface area contributed by atoms with E-state index in [9.17, 15) is 9.90 Å². The minimum Gasteiger partial charge on any atom is -0.508 e. The molecule has 34 heavy (non-hydrogen) atoms. The summed E-state index contributed by atoms with van der Waals surface area (Å²) in [5.74, 6) is 0.154. The zero-order valence-electron chi connectivity index (χ0n) is 18.8. The summed E-state index contributed by atoms with van der Waals surface area (Å²) in [6.45, 7) is 1.80. The number of carboxylic acids is 1. The van der Waals surface area contributed by atoms with Crippen LogP contribution in [0.1, 0.15) is 21.5 Å². The van der Waals surface area contributed by atoms with E-state index in [4.69, 9.17) is 9.84 Å². The number of aromatic hydroxyl groups is 1. The van der Waals surface area contributed by atoms with Gasteiger partial charge in [0.25, 0.3) is 0 Å². The maximum atomic E-state index is 11.2. The van der Waals surface area contributed by atoms with E-state index in [0.29, 0.717) is 13.2 Å². The first-order valence-electron chi connectivity index (χ1n) is 11.2. The minimum atomic E-state index is -0.939. The standard InChI is InChI=1S/C29H27NO4/c31-26-14-10-21(11-15-26)16-17-30-19-23(18-22-8-12-25(13-9-22)29(32)33)20-34-28-7-3-5-24-4-1-2-6-27(24)28/h1-15,18,30-31H,16-17,19-20H2,(H,32,33)/b23-18+. The van der Waals surface area contributed by atoms with Gasteiger partial charge >= 0.3 is 5.97 Å². The number of hydrogen-bond donors (Lipinski definition) is 3.